The molecule has 0 fully saturated rings. The minimum absolute atomic E-state index is 0.316. The Labute approximate surface area is 105 Å². The van der Waals surface area contributed by atoms with Crippen molar-refractivity contribution in [1.29, 1.82) is 0 Å². The normalized spacial score (nSPS) is 15.6. The molecule has 0 spiro atoms. The predicted octanol–water partition coefficient (Wildman–Crippen LogP) is 4.05. The summed E-state index contributed by atoms with van der Waals surface area (Å²) in [6, 6.07) is -6.05. The largest absolute Gasteiger partial charge is 0.438 e. The highest BCUT2D eigenvalue weighted by molar-refractivity contribution is 5.10. The maximum absolute atomic E-state index is 13.0. The van der Waals surface area contributed by atoms with E-state index in [0.29, 0.717) is 5.32 Å². The highest BCUT2D eigenvalue weighted by Crippen LogP contribution is 2.58. The van der Waals surface area contributed by atoms with Crippen LogP contribution in [0.2, 0.25) is 0 Å². The second kappa shape index (κ2) is 5.19. The van der Waals surface area contributed by atoms with Crippen molar-refractivity contribution in [2.24, 2.45) is 0 Å². The smallest absolute Gasteiger partial charge is 0.253 e. The van der Waals surface area contributed by atoms with Gasteiger partial charge < -0.3 is 0 Å². The Morgan fingerprint density at radius 1 is 0.700 bits per heavy atom. The van der Waals surface area contributed by atoms with Crippen LogP contribution < -0.4 is 5.32 Å². The molecule has 0 saturated carbocycles. The molecule has 0 aliphatic carbocycles. The molecule has 0 aliphatic rings. The van der Waals surface area contributed by atoms with Gasteiger partial charge in [-0.1, -0.05) is 6.92 Å². The summed E-state index contributed by atoms with van der Waals surface area (Å²) < 4.78 is 137. The second-order valence-corrected chi connectivity index (χ2v) is 3.73. The minimum Gasteiger partial charge on any atom is -0.253 e. The predicted molar refractivity (Wildman–Crippen MR) is 44.1 cm³/mol. The summed E-state index contributed by atoms with van der Waals surface area (Å²) in [5.74, 6) is -7.09. The van der Waals surface area contributed by atoms with E-state index in [2.05, 4.69) is 0 Å². The molecule has 0 heterocycles. The lowest BCUT2D eigenvalue weighted by Gasteiger charge is -2.39. The van der Waals surface area contributed by atoms with Gasteiger partial charge in [0.2, 0.25) is 0 Å². The van der Waals surface area contributed by atoms with Gasteiger partial charge in [0.25, 0.3) is 0 Å². The van der Waals surface area contributed by atoms with Gasteiger partial charge in [-0.3, -0.25) is 5.32 Å². The fraction of sp³-hybridized carbons (Fsp3) is 1.00. The van der Waals surface area contributed by atoms with E-state index in [1.165, 1.54) is 0 Å². The first kappa shape index (κ1) is 19.2. The van der Waals surface area contributed by atoms with Crippen LogP contribution in [0.15, 0.2) is 0 Å². The van der Waals surface area contributed by atoms with Gasteiger partial charge in [-0.15, -0.1) is 0 Å². The topological polar surface area (TPSA) is 12.0 Å². The van der Waals surface area contributed by atoms with Crippen LogP contribution in [0, 0.1) is 0 Å². The van der Waals surface area contributed by atoms with E-state index in [-0.39, 0.29) is 6.42 Å². The molecule has 0 aromatic heterocycles. The molecule has 20 heavy (non-hydrogen) atoms. The molecular formula is C8H8F11N. The Hall–Kier alpha value is -0.810. The van der Waals surface area contributed by atoms with E-state index in [9.17, 15) is 48.3 Å². The number of rotatable bonds is 5. The minimum atomic E-state index is -7.39. The summed E-state index contributed by atoms with van der Waals surface area (Å²) in [6.45, 7) is 0.0752. The molecule has 0 radical (unpaired) electrons. The summed E-state index contributed by atoms with van der Waals surface area (Å²) in [6.07, 6.45) is -14.9. The maximum atomic E-state index is 13.0. The highest BCUT2D eigenvalue weighted by Gasteiger charge is 2.90. The fourth-order valence-electron chi connectivity index (χ4n) is 1.13. The van der Waals surface area contributed by atoms with Crippen LogP contribution in [0.4, 0.5) is 48.3 Å². The molecule has 0 amide bonds. The van der Waals surface area contributed by atoms with Crippen molar-refractivity contribution in [2.75, 3.05) is 6.54 Å². The van der Waals surface area contributed by atoms with Gasteiger partial charge in [0.1, 0.15) is 0 Å². The van der Waals surface area contributed by atoms with Crippen molar-refractivity contribution in [3.05, 3.63) is 0 Å². The quantitative estimate of drug-likeness (QED) is 0.593. The van der Waals surface area contributed by atoms with E-state index in [0.717, 1.165) is 6.92 Å². The molecule has 0 saturated heterocycles. The molecule has 1 nitrogen and oxygen atoms in total. The molecular weight excluding hydrogens is 319 g/mol. The van der Waals surface area contributed by atoms with Crippen molar-refractivity contribution in [2.45, 2.75) is 43.3 Å². The molecule has 122 valence electrons. The van der Waals surface area contributed by atoms with Crippen LogP contribution in [0.5, 0.6) is 0 Å². The first-order valence-corrected chi connectivity index (χ1v) is 4.89. The van der Waals surface area contributed by atoms with Gasteiger partial charge in [0.15, 0.2) is 0 Å². The van der Waals surface area contributed by atoms with Gasteiger partial charge in [-0.25, -0.2) is 4.39 Å². The highest BCUT2D eigenvalue weighted by atomic mass is 19.4. The Kier molecular flexibility index (Phi) is 4.98. The first-order chi connectivity index (χ1) is 8.56. The lowest BCUT2D eigenvalue weighted by atomic mass is 9.93. The SMILES string of the molecule is CCCNC(F)(F)C(F)(F)C(F)(C(F)(F)F)C(F)(F)F. The van der Waals surface area contributed by atoms with Crippen molar-refractivity contribution >= 4 is 0 Å². The summed E-state index contributed by atoms with van der Waals surface area (Å²) in [4.78, 5) is 0. The Balaban J connectivity index is 5.94. The lowest BCUT2D eigenvalue weighted by molar-refractivity contribution is -0.429. The van der Waals surface area contributed by atoms with Gasteiger partial charge >= 0.3 is 30.0 Å². The molecule has 1 N–H and O–H groups in total. The van der Waals surface area contributed by atoms with Gasteiger partial charge in [0.05, 0.1) is 0 Å². The van der Waals surface area contributed by atoms with Gasteiger partial charge in [-0.2, -0.15) is 43.9 Å². The molecule has 0 bridgehead atoms. The molecule has 0 aromatic rings. The van der Waals surface area contributed by atoms with E-state index < -0.39 is 36.5 Å². The van der Waals surface area contributed by atoms with Gasteiger partial charge in [-0.05, 0) is 6.42 Å². The second-order valence-electron chi connectivity index (χ2n) is 3.73. The molecule has 0 aromatic carbocycles. The van der Waals surface area contributed by atoms with Crippen LogP contribution in [0.25, 0.3) is 0 Å². The molecule has 12 heteroatoms. The molecule has 0 rings (SSSR count). The number of alkyl halides is 11. The summed E-state index contributed by atoms with van der Waals surface area (Å²) in [7, 11) is 0. The van der Waals surface area contributed by atoms with E-state index in [1.807, 2.05) is 0 Å². The monoisotopic (exact) mass is 327 g/mol. The zero-order valence-electron chi connectivity index (χ0n) is 9.57. The third-order valence-electron chi connectivity index (χ3n) is 2.21. The van der Waals surface area contributed by atoms with Crippen LogP contribution >= 0.6 is 0 Å². The zero-order chi connectivity index (χ0) is 16.6. The molecule has 0 unspecified atom stereocenters. The van der Waals surface area contributed by atoms with Crippen LogP contribution in [-0.2, 0) is 0 Å². The summed E-state index contributed by atoms with van der Waals surface area (Å²) >= 11 is 0. The fourth-order valence-corrected chi connectivity index (χ4v) is 1.13. The average molecular weight is 327 g/mol. The number of hydrogen-bond acceptors (Lipinski definition) is 1. The average Bonchev–Trinajstić information content (AvgIpc) is 2.21. The van der Waals surface area contributed by atoms with E-state index in [4.69, 9.17) is 0 Å². The van der Waals surface area contributed by atoms with E-state index >= 15 is 0 Å². The molecule has 0 aliphatic heterocycles. The van der Waals surface area contributed by atoms with Crippen molar-refractivity contribution in [3.63, 3.8) is 0 Å². The Morgan fingerprint density at radius 3 is 1.30 bits per heavy atom. The van der Waals surface area contributed by atoms with Crippen molar-refractivity contribution in [1.82, 2.24) is 5.32 Å². The number of halogens is 11. The lowest BCUT2D eigenvalue weighted by Crippen LogP contribution is -2.72. The van der Waals surface area contributed by atoms with Crippen LogP contribution in [0.3, 0.4) is 0 Å². The maximum Gasteiger partial charge on any atom is 0.438 e. The summed E-state index contributed by atoms with van der Waals surface area (Å²) in [5, 5.41) is 0.475. The standard InChI is InChI=1S/C8H8F11N/c1-2-3-20-8(18,19)5(10,11)4(9,6(12,13)14)7(15,16)17/h20H,2-3H2,1H3. The number of nitrogens with one attached hydrogen (secondary N) is 1. The van der Waals surface area contributed by atoms with E-state index in [1.54, 1.807) is 0 Å². The number of hydrogen-bond donors (Lipinski definition) is 1. The zero-order valence-corrected chi connectivity index (χ0v) is 9.57. The Bertz CT molecular complexity index is 314. The third kappa shape index (κ3) is 2.79. The molecule has 0 atom stereocenters. The van der Waals surface area contributed by atoms with Crippen LogP contribution in [0.1, 0.15) is 13.3 Å². The van der Waals surface area contributed by atoms with Crippen molar-refractivity contribution in [3.8, 4) is 0 Å². The Morgan fingerprint density at radius 2 is 1.05 bits per heavy atom. The third-order valence-corrected chi connectivity index (χ3v) is 2.21. The van der Waals surface area contributed by atoms with Crippen molar-refractivity contribution < 1.29 is 48.3 Å². The summed E-state index contributed by atoms with van der Waals surface area (Å²) in [5.41, 5.74) is -7.39. The van der Waals surface area contributed by atoms with Crippen LogP contribution in [-0.4, -0.2) is 36.5 Å². The first-order valence-electron chi connectivity index (χ1n) is 4.89. The van der Waals surface area contributed by atoms with Gasteiger partial charge in [0, 0.05) is 6.54 Å².